The van der Waals surface area contributed by atoms with Crippen LogP contribution in [0.15, 0.2) is 47.3 Å². The summed E-state index contributed by atoms with van der Waals surface area (Å²) in [5.41, 5.74) is 3.74. The summed E-state index contributed by atoms with van der Waals surface area (Å²) in [7, 11) is -3.39. The summed E-state index contributed by atoms with van der Waals surface area (Å²) in [6, 6.07) is 7.84. The van der Waals surface area contributed by atoms with Crippen molar-refractivity contribution in [3.63, 3.8) is 0 Å². The lowest BCUT2D eigenvalue weighted by Gasteiger charge is -2.05. The molecule has 0 atom stereocenters. The van der Waals surface area contributed by atoms with Gasteiger partial charge in [-0.3, -0.25) is 4.18 Å². The van der Waals surface area contributed by atoms with Crippen LogP contribution in [0.2, 0.25) is 0 Å². The highest BCUT2D eigenvalue weighted by Crippen LogP contribution is 2.22. The van der Waals surface area contributed by atoms with E-state index in [-0.39, 0.29) is 6.61 Å². The zero-order valence-electron chi connectivity index (χ0n) is 12.3. The first-order valence-electron chi connectivity index (χ1n) is 6.85. The maximum atomic E-state index is 10.9. The van der Waals surface area contributed by atoms with Gasteiger partial charge in [-0.05, 0) is 33.5 Å². The molecule has 3 aromatic rings. The number of nitrogens with zero attached hydrogens (tertiary/aromatic N) is 3. The first-order chi connectivity index (χ1) is 10.9. The van der Waals surface area contributed by atoms with E-state index in [0.29, 0.717) is 6.42 Å². The number of fused-ring (bicyclic) bond motifs is 1. The van der Waals surface area contributed by atoms with Crippen LogP contribution in [0.25, 0.3) is 16.8 Å². The van der Waals surface area contributed by atoms with Crippen molar-refractivity contribution in [2.75, 3.05) is 12.9 Å². The molecule has 0 N–H and O–H groups in total. The van der Waals surface area contributed by atoms with Crippen molar-refractivity contribution in [3.05, 3.63) is 52.9 Å². The van der Waals surface area contributed by atoms with Crippen LogP contribution in [-0.4, -0.2) is 35.9 Å². The van der Waals surface area contributed by atoms with Crippen LogP contribution in [0.4, 0.5) is 0 Å². The van der Waals surface area contributed by atoms with Crippen LogP contribution in [0.5, 0.6) is 0 Å². The highest BCUT2D eigenvalue weighted by molar-refractivity contribution is 9.10. The van der Waals surface area contributed by atoms with Crippen LogP contribution in [0.3, 0.4) is 0 Å². The average molecular weight is 396 g/mol. The Hall–Kier alpha value is -1.77. The van der Waals surface area contributed by atoms with Gasteiger partial charge in [-0.25, -0.2) is 9.50 Å². The summed E-state index contributed by atoms with van der Waals surface area (Å²) < 4.78 is 29.2. The smallest absolute Gasteiger partial charge is 0.264 e. The van der Waals surface area contributed by atoms with Gasteiger partial charge in [-0.2, -0.15) is 13.5 Å². The molecule has 0 fully saturated rings. The quantitative estimate of drug-likeness (QED) is 0.620. The van der Waals surface area contributed by atoms with Crippen LogP contribution >= 0.6 is 15.9 Å². The van der Waals surface area contributed by atoms with Gasteiger partial charge in [-0.1, -0.05) is 24.3 Å². The molecule has 120 valence electrons. The van der Waals surface area contributed by atoms with E-state index in [1.54, 1.807) is 16.9 Å². The fourth-order valence-electron chi connectivity index (χ4n) is 2.17. The molecular formula is C15H14BrN3O3S. The molecule has 0 radical (unpaired) electrons. The lowest BCUT2D eigenvalue weighted by atomic mass is 10.1. The van der Waals surface area contributed by atoms with Gasteiger partial charge in [0.05, 0.1) is 23.5 Å². The second-order valence-electron chi connectivity index (χ2n) is 5.08. The second-order valence-corrected chi connectivity index (χ2v) is 7.57. The van der Waals surface area contributed by atoms with E-state index >= 15 is 0 Å². The molecule has 0 saturated heterocycles. The Labute approximate surface area is 142 Å². The van der Waals surface area contributed by atoms with E-state index in [4.69, 9.17) is 4.18 Å². The van der Waals surface area contributed by atoms with Gasteiger partial charge in [0.2, 0.25) is 0 Å². The summed E-state index contributed by atoms with van der Waals surface area (Å²) in [6.45, 7) is 0.146. The first-order valence-corrected chi connectivity index (χ1v) is 9.46. The summed E-state index contributed by atoms with van der Waals surface area (Å²) in [5.74, 6) is 0. The second kappa shape index (κ2) is 6.38. The molecule has 0 bridgehead atoms. The van der Waals surface area contributed by atoms with Crippen LogP contribution in [0.1, 0.15) is 5.56 Å². The minimum absolute atomic E-state index is 0.146. The zero-order valence-corrected chi connectivity index (χ0v) is 14.7. The molecule has 0 amide bonds. The lowest BCUT2D eigenvalue weighted by molar-refractivity contribution is 0.326. The Morgan fingerprint density at radius 3 is 2.61 bits per heavy atom. The fourth-order valence-corrected chi connectivity index (χ4v) is 2.93. The molecule has 0 spiro atoms. The molecule has 0 aliphatic heterocycles. The number of hydrogen-bond donors (Lipinski definition) is 0. The van der Waals surface area contributed by atoms with Crippen molar-refractivity contribution in [2.24, 2.45) is 0 Å². The molecular weight excluding hydrogens is 382 g/mol. The number of hydrogen-bond acceptors (Lipinski definition) is 5. The third-order valence-electron chi connectivity index (χ3n) is 3.29. The summed E-state index contributed by atoms with van der Waals surface area (Å²) in [4.78, 5) is 4.38. The monoisotopic (exact) mass is 395 g/mol. The van der Waals surface area contributed by atoms with E-state index in [1.807, 2.05) is 30.5 Å². The summed E-state index contributed by atoms with van der Waals surface area (Å²) in [5, 5.41) is 4.22. The molecule has 23 heavy (non-hydrogen) atoms. The fraction of sp³-hybridized carbons (Fsp3) is 0.200. The van der Waals surface area contributed by atoms with E-state index in [1.165, 1.54) is 0 Å². The van der Waals surface area contributed by atoms with Gasteiger partial charge >= 0.3 is 0 Å². The Balaban J connectivity index is 1.75. The van der Waals surface area contributed by atoms with Crippen molar-refractivity contribution in [1.29, 1.82) is 0 Å². The molecule has 0 unspecified atom stereocenters. The maximum absolute atomic E-state index is 10.9. The molecule has 1 aromatic carbocycles. The van der Waals surface area contributed by atoms with Crippen LogP contribution in [-0.2, 0) is 20.7 Å². The van der Waals surface area contributed by atoms with Crippen molar-refractivity contribution < 1.29 is 12.6 Å². The van der Waals surface area contributed by atoms with Gasteiger partial charge in [0, 0.05) is 18.0 Å². The average Bonchev–Trinajstić information content (AvgIpc) is 2.88. The molecule has 0 aliphatic rings. The normalized spacial score (nSPS) is 11.9. The van der Waals surface area contributed by atoms with Crippen LogP contribution in [0, 0.1) is 0 Å². The summed E-state index contributed by atoms with van der Waals surface area (Å²) in [6.07, 6.45) is 7.00. The van der Waals surface area contributed by atoms with Crippen molar-refractivity contribution in [2.45, 2.75) is 6.42 Å². The number of benzene rings is 1. The van der Waals surface area contributed by atoms with Gasteiger partial charge in [-0.15, -0.1) is 0 Å². The van der Waals surface area contributed by atoms with E-state index < -0.39 is 10.1 Å². The Bertz CT molecular complexity index is 936. The molecule has 8 heteroatoms. The maximum Gasteiger partial charge on any atom is 0.264 e. The van der Waals surface area contributed by atoms with Crippen molar-refractivity contribution in [3.8, 4) is 11.1 Å². The Morgan fingerprint density at radius 2 is 1.91 bits per heavy atom. The van der Waals surface area contributed by atoms with Crippen molar-refractivity contribution in [1.82, 2.24) is 14.6 Å². The minimum atomic E-state index is -3.39. The number of rotatable bonds is 5. The molecule has 3 rings (SSSR count). The third kappa shape index (κ3) is 3.95. The molecule has 6 nitrogen and oxygen atoms in total. The first kappa shape index (κ1) is 16.1. The molecule has 2 heterocycles. The van der Waals surface area contributed by atoms with Gasteiger partial charge in [0.1, 0.15) is 0 Å². The van der Waals surface area contributed by atoms with Gasteiger partial charge in [0.15, 0.2) is 5.65 Å². The van der Waals surface area contributed by atoms with E-state index in [2.05, 4.69) is 26.0 Å². The lowest BCUT2D eigenvalue weighted by Crippen LogP contribution is -2.06. The van der Waals surface area contributed by atoms with E-state index in [0.717, 1.165) is 33.1 Å². The van der Waals surface area contributed by atoms with Gasteiger partial charge in [0.25, 0.3) is 10.1 Å². The van der Waals surface area contributed by atoms with Crippen molar-refractivity contribution >= 4 is 31.7 Å². The largest absolute Gasteiger partial charge is 0.270 e. The van der Waals surface area contributed by atoms with Gasteiger partial charge < -0.3 is 0 Å². The predicted octanol–water partition coefficient (Wildman–Crippen LogP) is 2.68. The molecule has 0 aliphatic carbocycles. The van der Waals surface area contributed by atoms with Crippen LogP contribution < -0.4 is 0 Å². The SMILES string of the molecule is CS(=O)(=O)OCCc1ccc(-c2cnc3c(Br)cnn3c2)cc1. The third-order valence-corrected chi connectivity index (χ3v) is 4.44. The molecule has 2 aromatic heterocycles. The number of halogens is 1. The minimum Gasteiger partial charge on any atom is -0.270 e. The zero-order chi connectivity index (χ0) is 16.4. The topological polar surface area (TPSA) is 73.6 Å². The standard InChI is InChI=1S/C15H14BrN3O3S/c1-23(20,21)22-7-6-11-2-4-12(5-3-11)13-8-17-15-14(16)9-18-19(15)10-13/h2-5,8-10H,6-7H2,1H3. The number of aromatic nitrogens is 3. The summed E-state index contributed by atoms with van der Waals surface area (Å²) >= 11 is 3.39. The molecule has 0 saturated carbocycles. The highest BCUT2D eigenvalue weighted by Gasteiger charge is 2.06. The highest BCUT2D eigenvalue weighted by atomic mass is 79.9. The Kier molecular flexibility index (Phi) is 4.47. The van der Waals surface area contributed by atoms with E-state index in [9.17, 15) is 8.42 Å². The Morgan fingerprint density at radius 1 is 1.17 bits per heavy atom. The predicted molar refractivity (Wildman–Crippen MR) is 90.6 cm³/mol.